The standard InChI is InChI=1S/C23H18N4O.C21H21FN6O.C21H18FN5O.C21H19FN4O.C20H18FN3O2/c1-3-14-4-5-18(13(2)6-14)15-7-16-10-22(26-12-20(16)21(25)9-15)27-23(28)19-8-17(19)11-24;1-10-15(8-26-20(27-10)11(2)24-3)12-4-13-6-19(25-9-16(13)18(23)5-12)28-21(29)14-7-17(14)22;1-10-2-18-19(26-9-25-18)7-13(10)11-3-12-5-20(24-8-15(12)17(23)4-11)27-21(28)14-6-16(14)22;22-18-8-15(18)21(27)26-20-7-13-5-12(6-19(23)17(13)10-25-20)16-9-24-4-3-14(16)11-1-2-11;21-17-8-15(17)20(26)24-19-7-13-5-12(6-18(22)16(13)9-23-19)14-4-2-1-3-11(14)10-25/h1,4-7,9-10,12,17,19H,8,25H2,2H3,(H,26,27,28);4-6,8-9,14,17,24H,2,7,23H2,1,3H3,(H,25,28,29);2-5,7-9,14,16H,6,23H2,1H3,(H,25,26)(H,24,27,28);3-7,9-11,15,18H,1-2,8,23H2,(H,25,26,27);1-7,9,15,17,25H,8,10,22H2,(H,23,24,26)/t17-,19+;14-,17+;14-,16+;15-,18+;15-,17+/m11111/s1. The number of aromatic amines is 1. The Morgan fingerprint density at radius 3 is 1.25 bits per heavy atom. The van der Waals surface area contributed by atoms with Gasteiger partial charge in [0.1, 0.15) is 53.8 Å². The van der Waals surface area contributed by atoms with Crippen molar-refractivity contribution in [2.75, 3.05) is 62.3 Å². The molecule has 10 atom stereocenters. The number of rotatable bonds is 19. The number of nitrogens with one attached hydrogen (secondary N) is 7. The number of carbonyl (C=O) groups excluding carboxylic acids is 5. The van der Waals surface area contributed by atoms with Gasteiger partial charge in [-0.15, -0.1) is 6.42 Å². The van der Waals surface area contributed by atoms with Gasteiger partial charge in [0.2, 0.25) is 29.5 Å². The number of carbonyl (C=O) groups is 5. The molecule has 0 spiro atoms. The molecule has 28 nitrogen and oxygen atoms in total. The van der Waals surface area contributed by atoms with Gasteiger partial charge in [-0.25, -0.2) is 57.4 Å². The average Bonchev–Trinajstić information content (AvgIpc) is 0.958. The van der Waals surface area contributed by atoms with Crippen LogP contribution in [-0.4, -0.2) is 116 Å². The summed E-state index contributed by atoms with van der Waals surface area (Å²) in [6.07, 6.45) is 20.7. The molecule has 6 fully saturated rings. The first-order valence-corrected chi connectivity index (χ1v) is 44.9. The van der Waals surface area contributed by atoms with Crippen LogP contribution in [0.3, 0.4) is 0 Å². The van der Waals surface area contributed by atoms with Gasteiger partial charge in [0, 0.05) is 134 Å². The zero-order valence-electron chi connectivity index (χ0n) is 75.3. The molecule has 0 bridgehead atoms. The highest BCUT2D eigenvalue weighted by Gasteiger charge is 2.47. The summed E-state index contributed by atoms with van der Waals surface area (Å²) < 4.78 is 52.3. The zero-order valence-corrected chi connectivity index (χ0v) is 75.3. The number of aromatic nitrogens is 10. The highest BCUT2D eigenvalue weighted by atomic mass is 19.1. The summed E-state index contributed by atoms with van der Waals surface area (Å²) in [7, 11) is 1.76. The molecule has 6 aliphatic rings. The van der Waals surface area contributed by atoms with E-state index in [0.29, 0.717) is 87.8 Å². The number of aliphatic hydroxyl groups excluding tert-OH is 1. The van der Waals surface area contributed by atoms with E-state index < -0.39 is 48.4 Å². The second-order valence-electron chi connectivity index (χ2n) is 35.5. The molecule has 692 valence electrons. The number of anilines is 10. The van der Waals surface area contributed by atoms with Crippen molar-refractivity contribution in [3.63, 3.8) is 0 Å². The maximum Gasteiger partial charge on any atom is 0.231 e. The van der Waals surface area contributed by atoms with Crippen molar-refractivity contribution in [3.8, 4) is 74.0 Å². The van der Waals surface area contributed by atoms with Gasteiger partial charge in [0.25, 0.3) is 0 Å². The molecular formula is C106H94F4N22O6. The van der Waals surface area contributed by atoms with Crippen molar-refractivity contribution in [3.05, 3.63) is 253 Å². The zero-order chi connectivity index (χ0) is 96.8. The molecule has 6 aliphatic carbocycles. The van der Waals surface area contributed by atoms with E-state index in [0.717, 1.165) is 148 Å². The highest BCUT2D eigenvalue weighted by molar-refractivity contribution is 6.07. The summed E-state index contributed by atoms with van der Waals surface area (Å²) in [5.74, 6) is 1.59. The molecule has 0 unspecified atom stereocenters. The van der Waals surface area contributed by atoms with Crippen molar-refractivity contribution >= 4 is 158 Å². The molecule has 5 amide bonds. The van der Waals surface area contributed by atoms with Crippen molar-refractivity contribution in [1.82, 2.24) is 55.2 Å². The van der Waals surface area contributed by atoms with Gasteiger partial charge in [-0.3, -0.25) is 29.0 Å². The third-order valence-electron chi connectivity index (χ3n) is 25.4. The second-order valence-corrected chi connectivity index (χ2v) is 35.5. The van der Waals surface area contributed by atoms with E-state index in [1.807, 2.05) is 148 Å². The second kappa shape index (κ2) is 38.2. The lowest BCUT2D eigenvalue weighted by Crippen LogP contribution is -2.15. The Bertz CT molecular complexity index is 7750. The summed E-state index contributed by atoms with van der Waals surface area (Å²) in [5.41, 5.74) is 52.1. The number of hydrogen-bond donors (Lipinski definition) is 13. The van der Waals surface area contributed by atoms with Gasteiger partial charge in [0.05, 0.1) is 71.2 Å². The number of nitrogens with zero attached hydrogens (tertiary/aromatic N) is 10. The van der Waals surface area contributed by atoms with Gasteiger partial charge < -0.3 is 70.7 Å². The Balaban J connectivity index is 0.000000115. The molecule has 18 N–H and O–H groups in total. The molecular weight excluding hydrogens is 1750 g/mol. The van der Waals surface area contributed by atoms with Crippen LogP contribution in [0.2, 0.25) is 0 Å². The average molecular weight is 1850 g/mol. The molecule has 138 heavy (non-hydrogen) atoms. The molecule has 8 heterocycles. The number of benzene rings is 8. The summed E-state index contributed by atoms with van der Waals surface area (Å²) in [6.45, 7) is 9.75. The number of H-pyrrole nitrogens is 1. The first kappa shape index (κ1) is 91.6. The van der Waals surface area contributed by atoms with Crippen molar-refractivity contribution < 1.29 is 46.6 Å². The fourth-order valence-electron chi connectivity index (χ4n) is 16.8. The number of halogens is 4. The fraction of sp³-hybridized carbons (Fsp3) is 0.217. The van der Waals surface area contributed by atoms with Gasteiger partial charge in [0.15, 0.2) is 5.82 Å². The number of amides is 5. The Kier molecular flexibility index (Phi) is 25.4. The monoisotopic (exact) mass is 1850 g/mol. The first-order chi connectivity index (χ1) is 66.5. The van der Waals surface area contributed by atoms with E-state index >= 15 is 0 Å². The number of nitrogen functional groups attached to an aromatic ring is 5. The van der Waals surface area contributed by atoms with Crippen LogP contribution in [0.15, 0.2) is 214 Å². The van der Waals surface area contributed by atoms with Crippen molar-refractivity contribution in [2.24, 2.45) is 35.5 Å². The minimum atomic E-state index is -1.05. The molecule has 8 aromatic heterocycles. The number of imidazole rings is 1. The number of pyridine rings is 6. The van der Waals surface area contributed by atoms with Crippen LogP contribution < -0.4 is 60.6 Å². The molecule has 8 aromatic carbocycles. The van der Waals surface area contributed by atoms with Gasteiger partial charge >= 0.3 is 0 Å². The highest BCUT2D eigenvalue weighted by Crippen LogP contribution is 2.47. The summed E-state index contributed by atoms with van der Waals surface area (Å²) in [6, 6.07) is 49.9. The van der Waals surface area contributed by atoms with Crippen LogP contribution in [-0.2, 0) is 30.6 Å². The molecule has 32 heteroatoms. The van der Waals surface area contributed by atoms with E-state index in [4.69, 9.17) is 40.4 Å². The largest absolute Gasteiger partial charge is 0.398 e. The van der Waals surface area contributed by atoms with Crippen LogP contribution in [0, 0.1) is 80.0 Å². The van der Waals surface area contributed by atoms with Gasteiger partial charge in [-0.2, -0.15) is 5.26 Å². The number of nitrogens with two attached hydrogens (primary N) is 5. The maximum atomic E-state index is 13.1. The molecule has 6 saturated carbocycles. The number of nitriles is 1. The maximum absolute atomic E-state index is 13.1. The predicted molar refractivity (Wildman–Crippen MR) is 532 cm³/mol. The lowest BCUT2D eigenvalue weighted by molar-refractivity contribution is -0.118. The quantitative estimate of drug-likeness (QED) is 0.0203. The summed E-state index contributed by atoms with van der Waals surface area (Å²) in [5, 5.41) is 43.1. The minimum Gasteiger partial charge on any atom is -0.398 e. The predicted octanol–water partition coefficient (Wildman–Crippen LogP) is 18.2. The Morgan fingerprint density at radius 2 is 0.862 bits per heavy atom. The van der Waals surface area contributed by atoms with Crippen LogP contribution in [0.1, 0.15) is 90.2 Å². The smallest absolute Gasteiger partial charge is 0.231 e. The van der Waals surface area contributed by atoms with E-state index in [9.17, 15) is 46.6 Å². The molecule has 0 aliphatic heterocycles. The lowest BCUT2D eigenvalue weighted by Gasteiger charge is -2.12. The number of alkyl halides is 4. The number of aryl methyl sites for hydroxylation is 3. The Labute approximate surface area is 788 Å². The summed E-state index contributed by atoms with van der Waals surface area (Å²) >= 11 is 0. The van der Waals surface area contributed by atoms with E-state index in [1.165, 1.54) is 18.4 Å². The van der Waals surface area contributed by atoms with Crippen LogP contribution in [0.25, 0.3) is 126 Å². The first-order valence-electron chi connectivity index (χ1n) is 44.9. The molecule has 0 radical (unpaired) electrons. The third-order valence-corrected chi connectivity index (χ3v) is 25.4. The molecule has 16 aromatic rings. The van der Waals surface area contributed by atoms with E-state index in [2.05, 4.69) is 112 Å². The minimum absolute atomic E-state index is 0.0719. The van der Waals surface area contributed by atoms with Crippen molar-refractivity contribution in [2.45, 2.75) is 103 Å². The SMILES string of the molecule is C#Cc1ccc(-c2cc(N)c3cnc(NC(=O)[C@H]4C[C@@H]4C#N)cc3c2)c(C)c1.C=C(NC)c1ncc(-c2cc(N)c3cnc(NC(=O)[C@@H]4C[C@@H]4F)cc3c2)c(C)n1.Cc1cc2[nH]cnc2cc1-c1cc(N)c2cnc(NC(=O)[C@@H]3C[C@@H]3F)cc2c1.Nc1cc(-c2ccccc2CO)cc2cc(NC(=O)[C@@H]3C[C@@H]3F)ncc12.Nc1cc(-c2cnccc2C2CC2)cc2cc(NC(=O)[C@@H]3C[C@@H]3F)ncc12. The topological polar surface area (TPSA) is 463 Å². The Hall–Kier alpha value is -16.9. The normalized spacial score (nSPS) is 18.7. The fourth-order valence-corrected chi connectivity index (χ4v) is 16.8. The number of hydrogen-bond acceptors (Lipinski definition) is 22. The van der Waals surface area contributed by atoms with Crippen molar-refractivity contribution in [1.29, 1.82) is 5.26 Å². The van der Waals surface area contributed by atoms with Crippen LogP contribution in [0.4, 0.5) is 75.1 Å². The van der Waals surface area contributed by atoms with Gasteiger partial charge in [-0.05, 0) is 287 Å². The third kappa shape index (κ3) is 20.2. The number of aliphatic hydroxyl groups is 1. The Morgan fingerprint density at radius 1 is 0.464 bits per heavy atom. The molecule has 0 saturated heterocycles. The van der Waals surface area contributed by atoms with Crippen LogP contribution in [0.5, 0.6) is 0 Å². The van der Waals surface area contributed by atoms with E-state index in [1.54, 1.807) is 74.8 Å². The van der Waals surface area contributed by atoms with Gasteiger partial charge in [-0.1, -0.05) is 42.8 Å². The van der Waals surface area contributed by atoms with Crippen LogP contribution >= 0.6 is 0 Å². The number of fused-ring (bicyclic) bond motifs is 6. The lowest BCUT2D eigenvalue weighted by atomic mass is 9.96. The van der Waals surface area contributed by atoms with E-state index in [-0.39, 0.29) is 67.2 Å². The molecule has 22 rings (SSSR count). The summed E-state index contributed by atoms with van der Waals surface area (Å²) in [4.78, 5) is 102. The number of terminal acetylenes is 1.